The van der Waals surface area contributed by atoms with Crippen molar-refractivity contribution in [1.29, 1.82) is 0 Å². The SMILES string of the molecule is NNC(=O)Nc1ncccn1. The van der Waals surface area contributed by atoms with Gasteiger partial charge in [-0.2, -0.15) is 0 Å². The molecule has 0 fully saturated rings. The summed E-state index contributed by atoms with van der Waals surface area (Å²) >= 11 is 0. The second kappa shape index (κ2) is 3.47. The van der Waals surface area contributed by atoms with E-state index in [-0.39, 0.29) is 5.95 Å². The molecule has 0 bridgehead atoms. The fraction of sp³-hybridized carbons (Fsp3) is 0. The predicted molar refractivity (Wildman–Crippen MR) is 38.4 cm³/mol. The molecule has 0 saturated carbocycles. The summed E-state index contributed by atoms with van der Waals surface area (Å²) in [5.74, 6) is 5.02. The normalized spacial score (nSPS) is 8.82. The van der Waals surface area contributed by atoms with Crippen molar-refractivity contribution in [2.45, 2.75) is 0 Å². The second-order valence-electron chi connectivity index (χ2n) is 1.67. The molecule has 0 unspecified atom stereocenters. The molecule has 0 aliphatic rings. The van der Waals surface area contributed by atoms with Gasteiger partial charge in [-0.25, -0.2) is 20.6 Å². The van der Waals surface area contributed by atoms with E-state index in [0.29, 0.717) is 0 Å². The lowest BCUT2D eigenvalue weighted by Crippen LogP contribution is -2.34. The molecule has 4 N–H and O–H groups in total. The van der Waals surface area contributed by atoms with Crippen LogP contribution >= 0.6 is 0 Å². The van der Waals surface area contributed by atoms with Crippen LogP contribution in [0.4, 0.5) is 10.7 Å². The summed E-state index contributed by atoms with van der Waals surface area (Å²) in [4.78, 5) is 18.0. The third-order valence-electron chi connectivity index (χ3n) is 0.922. The van der Waals surface area contributed by atoms with Crippen LogP contribution in [0.3, 0.4) is 0 Å². The number of amides is 2. The molecular weight excluding hydrogens is 146 g/mol. The van der Waals surface area contributed by atoms with E-state index in [4.69, 9.17) is 5.84 Å². The fourth-order valence-electron chi connectivity index (χ4n) is 0.501. The molecule has 1 rings (SSSR count). The maximum atomic E-state index is 10.6. The number of anilines is 1. The van der Waals surface area contributed by atoms with E-state index < -0.39 is 6.03 Å². The zero-order valence-electron chi connectivity index (χ0n) is 5.61. The van der Waals surface area contributed by atoms with Gasteiger partial charge in [0.05, 0.1) is 0 Å². The van der Waals surface area contributed by atoms with E-state index in [1.807, 2.05) is 5.43 Å². The first-order chi connectivity index (χ1) is 5.33. The number of aromatic nitrogens is 2. The van der Waals surface area contributed by atoms with Crippen LogP contribution in [0.25, 0.3) is 0 Å². The summed E-state index contributed by atoms with van der Waals surface area (Å²) in [7, 11) is 0. The Morgan fingerprint density at radius 3 is 2.64 bits per heavy atom. The molecule has 6 nitrogen and oxygen atoms in total. The number of carbonyl (C=O) groups excluding carboxylic acids is 1. The van der Waals surface area contributed by atoms with Gasteiger partial charge in [-0.15, -0.1) is 0 Å². The van der Waals surface area contributed by atoms with E-state index in [0.717, 1.165) is 0 Å². The molecule has 0 aromatic carbocycles. The van der Waals surface area contributed by atoms with Crippen LogP contribution < -0.4 is 16.6 Å². The summed E-state index contributed by atoms with van der Waals surface area (Å²) in [5, 5.41) is 2.29. The van der Waals surface area contributed by atoms with Crippen LogP contribution in [0.1, 0.15) is 0 Å². The van der Waals surface area contributed by atoms with Crippen molar-refractivity contribution in [2.75, 3.05) is 5.32 Å². The Balaban J connectivity index is 2.58. The second-order valence-corrected chi connectivity index (χ2v) is 1.67. The zero-order chi connectivity index (χ0) is 8.10. The molecule has 0 radical (unpaired) electrons. The highest BCUT2D eigenvalue weighted by Gasteiger charge is 1.97. The summed E-state index contributed by atoms with van der Waals surface area (Å²) in [6.07, 6.45) is 3.03. The highest BCUT2D eigenvalue weighted by Crippen LogP contribution is 1.91. The zero-order valence-corrected chi connectivity index (χ0v) is 5.61. The quantitative estimate of drug-likeness (QED) is 0.287. The average molecular weight is 153 g/mol. The minimum Gasteiger partial charge on any atom is -0.276 e. The molecule has 0 atom stereocenters. The van der Waals surface area contributed by atoms with Gasteiger partial charge in [0, 0.05) is 12.4 Å². The topological polar surface area (TPSA) is 92.9 Å². The number of carbonyl (C=O) groups is 1. The summed E-state index contributed by atoms with van der Waals surface area (Å²) < 4.78 is 0. The van der Waals surface area contributed by atoms with Crippen molar-refractivity contribution in [3.63, 3.8) is 0 Å². The lowest BCUT2D eigenvalue weighted by molar-refractivity contribution is 0.252. The van der Waals surface area contributed by atoms with E-state index in [2.05, 4.69) is 15.3 Å². The molecule has 0 saturated heterocycles. The smallest absolute Gasteiger partial charge is 0.276 e. The van der Waals surface area contributed by atoms with E-state index in [1.54, 1.807) is 6.07 Å². The number of urea groups is 1. The van der Waals surface area contributed by atoms with Gasteiger partial charge in [-0.1, -0.05) is 0 Å². The Bertz CT molecular complexity index is 236. The van der Waals surface area contributed by atoms with Crippen molar-refractivity contribution < 1.29 is 4.79 Å². The monoisotopic (exact) mass is 153 g/mol. The van der Waals surface area contributed by atoms with Gasteiger partial charge in [0.15, 0.2) is 0 Å². The Hall–Kier alpha value is -1.69. The minimum atomic E-state index is -0.545. The molecule has 11 heavy (non-hydrogen) atoms. The maximum Gasteiger partial charge on any atom is 0.335 e. The number of hydrogen-bond donors (Lipinski definition) is 3. The van der Waals surface area contributed by atoms with Gasteiger partial charge < -0.3 is 0 Å². The fourth-order valence-corrected chi connectivity index (χ4v) is 0.501. The molecule has 6 heteroatoms. The summed E-state index contributed by atoms with van der Waals surface area (Å²) in [5.41, 5.74) is 1.88. The van der Waals surface area contributed by atoms with Crippen LogP contribution in [0, 0.1) is 0 Å². The van der Waals surface area contributed by atoms with Crippen LogP contribution in [-0.2, 0) is 0 Å². The molecule has 1 aromatic rings. The molecule has 1 aromatic heterocycles. The van der Waals surface area contributed by atoms with Gasteiger partial charge in [-0.3, -0.25) is 10.7 Å². The minimum absolute atomic E-state index is 0.218. The first kappa shape index (κ1) is 7.42. The number of rotatable bonds is 1. The van der Waals surface area contributed by atoms with Crippen molar-refractivity contribution in [3.8, 4) is 0 Å². The van der Waals surface area contributed by atoms with E-state index in [1.165, 1.54) is 12.4 Å². The first-order valence-corrected chi connectivity index (χ1v) is 2.87. The highest BCUT2D eigenvalue weighted by molar-refractivity contribution is 5.86. The first-order valence-electron chi connectivity index (χ1n) is 2.87. The van der Waals surface area contributed by atoms with Gasteiger partial charge in [-0.05, 0) is 6.07 Å². The molecule has 1 heterocycles. The standard InChI is InChI=1S/C5H7N5O/c6-10-5(11)9-4-7-2-1-3-8-4/h1-3H,6H2,(H2,7,8,9,10,11). The Morgan fingerprint density at radius 2 is 2.09 bits per heavy atom. The molecule has 0 aliphatic heterocycles. The van der Waals surface area contributed by atoms with Gasteiger partial charge >= 0.3 is 6.03 Å². The number of hydrazine groups is 1. The van der Waals surface area contributed by atoms with Gasteiger partial charge in [0.1, 0.15) is 0 Å². The van der Waals surface area contributed by atoms with Crippen LogP contribution in [0.5, 0.6) is 0 Å². The highest BCUT2D eigenvalue weighted by atomic mass is 16.2. The average Bonchev–Trinajstić information content (AvgIpc) is 2.06. The van der Waals surface area contributed by atoms with Crippen molar-refractivity contribution in [1.82, 2.24) is 15.4 Å². The molecule has 2 amide bonds. The van der Waals surface area contributed by atoms with E-state index >= 15 is 0 Å². The third kappa shape index (κ3) is 2.18. The molecule has 0 spiro atoms. The number of nitrogens with one attached hydrogen (secondary N) is 2. The van der Waals surface area contributed by atoms with Crippen LogP contribution in [-0.4, -0.2) is 16.0 Å². The number of nitrogens with two attached hydrogens (primary N) is 1. The lowest BCUT2D eigenvalue weighted by atomic mass is 10.7. The summed E-state index contributed by atoms with van der Waals surface area (Å²) in [6.45, 7) is 0. The Morgan fingerprint density at radius 1 is 1.45 bits per heavy atom. The maximum absolute atomic E-state index is 10.6. The van der Waals surface area contributed by atoms with Crippen LogP contribution in [0.2, 0.25) is 0 Å². The van der Waals surface area contributed by atoms with Gasteiger partial charge in [0.25, 0.3) is 0 Å². The van der Waals surface area contributed by atoms with Crippen LogP contribution in [0.15, 0.2) is 18.5 Å². The third-order valence-corrected chi connectivity index (χ3v) is 0.922. The largest absolute Gasteiger partial charge is 0.335 e. The number of nitrogens with zero attached hydrogens (tertiary/aromatic N) is 2. The Kier molecular flexibility index (Phi) is 2.34. The lowest BCUT2D eigenvalue weighted by Gasteiger charge is -1.99. The van der Waals surface area contributed by atoms with E-state index in [9.17, 15) is 4.79 Å². The van der Waals surface area contributed by atoms with Gasteiger partial charge in [0.2, 0.25) is 5.95 Å². The van der Waals surface area contributed by atoms with Crippen molar-refractivity contribution >= 4 is 12.0 Å². The van der Waals surface area contributed by atoms with Crippen molar-refractivity contribution in [2.24, 2.45) is 5.84 Å². The number of hydrogen-bond acceptors (Lipinski definition) is 4. The summed E-state index contributed by atoms with van der Waals surface area (Å²) in [6, 6.07) is 1.10. The van der Waals surface area contributed by atoms with Crippen molar-refractivity contribution in [3.05, 3.63) is 18.5 Å². The Labute approximate surface area is 62.8 Å². The molecular formula is C5H7N5O. The molecule has 58 valence electrons. The molecule has 0 aliphatic carbocycles. The predicted octanol–water partition coefficient (Wildman–Crippen LogP) is -0.528.